The van der Waals surface area contributed by atoms with Gasteiger partial charge in [0.2, 0.25) is 5.66 Å². The van der Waals surface area contributed by atoms with Gasteiger partial charge in [-0.25, -0.2) is 10.9 Å². The number of nitrogens with one attached hydrogen (secondary N) is 2. The van der Waals surface area contributed by atoms with Crippen molar-refractivity contribution in [2.75, 3.05) is 0 Å². The number of benzene rings is 1. The Balaban J connectivity index is 0.000000606. The van der Waals surface area contributed by atoms with Crippen molar-refractivity contribution in [1.29, 1.82) is 0 Å². The lowest BCUT2D eigenvalue weighted by Crippen LogP contribution is -2.34. The second kappa shape index (κ2) is 4.43. The van der Waals surface area contributed by atoms with Crippen molar-refractivity contribution in [3.63, 3.8) is 0 Å². The molecule has 0 radical (unpaired) electrons. The minimum atomic E-state index is -4.32. The summed E-state index contributed by atoms with van der Waals surface area (Å²) in [6.07, 6.45) is -4.32. The lowest BCUT2D eigenvalue weighted by atomic mass is 10.0. The molecule has 0 amide bonds. The Bertz CT molecular complexity index is 356. The first-order valence-corrected chi connectivity index (χ1v) is 5.14. The molecule has 0 bridgehead atoms. The standard InChI is InChI=1S/C9H9F3N2.C2H6/c1-6-3-2-4-7(5-6)8(13-14-8)9(10,11)12;1-2/h2-5,13-14H,1H3;1-2H3. The van der Waals surface area contributed by atoms with Crippen LogP contribution in [0, 0.1) is 6.92 Å². The monoisotopic (exact) mass is 232 g/mol. The van der Waals surface area contributed by atoms with Crippen LogP contribution in [-0.4, -0.2) is 6.18 Å². The van der Waals surface area contributed by atoms with Gasteiger partial charge in [-0.3, -0.25) is 0 Å². The molecular weight excluding hydrogens is 217 g/mol. The Morgan fingerprint density at radius 2 is 1.69 bits per heavy atom. The van der Waals surface area contributed by atoms with Crippen LogP contribution < -0.4 is 10.9 Å². The Morgan fingerprint density at radius 3 is 2.06 bits per heavy atom. The summed E-state index contributed by atoms with van der Waals surface area (Å²) in [5.74, 6) is 0. The number of hydrogen-bond acceptors (Lipinski definition) is 2. The molecule has 0 unspecified atom stereocenters. The van der Waals surface area contributed by atoms with Gasteiger partial charge in [0.25, 0.3) is 0 Å². The van der Waals surface area contributed by atoms with Gasteiger partial charge in [-0.15, -0.1) is 0 Å². The SMILES string of the molecule is CC.Cc1cccc(C2(C(F)(F)F)NN2)c1. The fourth-order valence-corrected chi connectivity index (χ4v) is 1.39. The van der Waals surface area contributed by atoms with Crippen LogP contribution in [0.4, 0.5) is 13.2 Å². The third-order valence-electron chi connectivity index (χ3n) is 2.25. The molecule has 1 saturated heterocycles. The summed E-state index contributed by atoms with van der Waals surface area (Å²) >= 11 is 0. The molecule has 2 rings (SSSR count). The van der Waals surface area contributed by atoms with Crippen molar-refractivity contribution in [2.24, 2.45) is 0 Å². The van der Waals surface area contributed by atoms with Crippen molar-refractivity contribution >= 4 is 0 Å². The maximum absolute atomic E-state index is 12.6. The summed E-state index contributed by atoms with van der Waals surface area (Å²) < 4.78 is 37.8. The maximum Gasteiger partial charge on any atom is 0.426 e. The molecule has 90 valence electrons. The van der Waals surface area contributed by atoms with Crippen molar-refractivity contribution in [3.05, 3.63) is 35.4 Å². The first kappa shape index (κ1) is 13.0. The van der Waals surface area contributed by atoms with Crippen LogP contribution in [0.2, 0.25) is 0 Å². The van der Waals surface area contributed by atoms with Crippen molar-refractivity contribution < 1.29 is 13.2 Å². The molecule has 0 aliphatic carbocycles. The van der Waals surface area contributed by atoms with E-state index in [9.17, 15) is 13.2 Å². The summed E-state index contributed by atoms with van der Waals surface area (Å²) in [7, 11) is 0. The fraction of sp³-hybridized carbons (Fsp3) is 0.455. The van der Waals surface area contributed by atoms with Gasteiger partial charge in [0.15, 0.2) is 0 Å². The zero-order valence-corrected chi connectivity index (χ0v) is 9.44. The van der Waals surface area contributed by atoms with E-state index in [1.165, 1.54) is 12.1 Å². The van der Waals surface area contributed by atoms with Crippen molar-refractivity contribution in [1.82, 2.24) is 10.9 Å². The Kier molecular flexibility index (Phi) is 3.60. The smallest absolute Gasteiger partial charge is 0.223 e. The Labute approximate surface area is 92.8 Å². The van der Waals surface area contributed by atoms with Crippen molar-refractivity contribution in [2.45, 2.75) is 32.6 Å². The predicted molar refractivity (Wildman–Crippen MR) is 56.5 cm³/mol. The van der Waals surface area contributed by atoms with Crippen LogP contribution >= 0.6 is 0 Å². The van der Waals surface area contributed by atoms with Crippen LogP contribution in [0.3, 0.4) is 0 Å². The van der Waals surface area contributed by atoms with E-state index in [1.807, 2.05) is 13.8 Å². The van der Waals surface area contributed by atoms with E-state index in [0.717, 1.165) is 5.56 Å². The highest BCUT2D eigenvalue weighted by Crippen LogP contribution is 2.42. The highest BCUT2D eigenvalue weighted by molar-refractivity contribution is 5.33. The van der Waals surface area contributed by atoms with E-state index in [0.29, 0.717) is 0 Å². The number of hydrogen-bond donors (Lipinski definition) is 2. The second-order valence-corrected chi connectivity index (χ2v) is 3.37. The number of aryl methyl sites for hydroxylation is 1. The van der Waals surface area contributed by atoms with Crippen LogP contribution in [0.5, 0.6) is 0 Å². The molecule has 2 nitrogen and oxygen atoms in total. The van der Waals surface area contributed by atoms with Gasteiger partial charge in [0, 0.05) is 0 Å². The Morgan fingerprint density at radius 1 is 1.12 bits per heavy atom. The molecule has 1 aromatic carbocycles. The van der Waals surface area contributed by atoms with Gasteiger partial charge in [0.05, 0.1) is 0 Å². The van der Waals surface area contributed by atoms with Gasteiger partial charge in [-0.05, 0) is 12.5 Å². The van der Waals surface area contributed by atoms with Crippen LogP contribution in [-0.2, 0) is 5.66 Å². The average Bonchev–Trinajstić information content (AvgIpc) is 3.00. The van der Waals surface area contributed by atoms with E-state index in [4.69, 9.17) is 0 Å². The maximum atomic E-state index is 12.6. The molecule has 0 atom stereocenters. The number of hydrazine groups is 1. The largest absolute Gasteiger partial charge is 0.426 e. The van der Waals surface area contributed by atoms with Gasteiger partial charge in [-0.1, -0.05) is 43.7 Å². The molecule has 1 heterocycles. The third-order valence-corrected chi connectivity index (χ3v) is 2.25. The quantitative estimate of drug-likeness (QED) is 0.731. The molecule has 1 aliphatic rings. The molecule has 1 fully saturated rings. The van der Waals surface area contributed by atoms with Gasteiger partial charge in [-0.2, -0.15) is 13.2 Å². The summed E-state index contributed by atoms with van der Waals surface area (Å²) in [5, 5.41) is 0. The zero-order chi connectivity index (χ0) is 12.4. The molecule has 0 saturated carbocycles. The highest BCUT2D eigenvalue weighted by Gasteiger charge is 2.65. The number of rotatable bonds is 1. The topological polar surface area (TPSA) is 43.9 Å². The van der Waals surface area contributed by atoms with E-state index in [2.05, 4.69) is 10.9 Å². The number of halogens is 3. The predicted octanol–water partition coefficient (Wildman–Crippen LogP) is 2.84. The first-order valence-electron chi connectivity index (χ1n) is 5.14. The average molecular weight is 232 g/mol. The number of alkyl halides is 3. The molecule has 1 aliphatic heterocycles. The summed E-state index contributed by atoms with van der Waals surface area (Å²) in [4.78, 5) is 0. The highest BCUT2D eigenvalue weighted by atomic mass is 19.4. The van der Waals surface area contributed by atoms with E-state index >= 15 is 0 Å². The van der Waals surface area contributed by atoms with E-state index in [1.54, 1.807) is 19.1 Å². The molecular formula is C11H15F3N2. The minimum Gasteiger partial charge on any atom is -0.223 e. The molecule has 5 heteroatoms. The third kappa shape index (κ3) is 2.20. The van der Waals surface area contributed by atoms with Gasteiger partial charge < -0.3 is 0 Å². The van der Waals surface area contributed by atoms with E-state index < -0.39 is 11.8 Å². The molecule has 1 aromatic rings. The molecule has 2 N–H and O–H groups in total. The van der Waals surface area contributed by atoms with Gasteiger partial charge >= 0.3 is 6.18 Å². The van der Waals surface area contributed by atoms with Crippen LogP contribution in [0.15, 0.2) is 24.3 Å². The lowest BCUT2D eigenvalue weighted by molar-refractivity contribution is -0.165. The van der Waals surface area contributed by atoms with Crippen LogP contribution in [0.1, 0.15) is 25.0 Å². The second-order valence-electron chi connectivity index (χ2n) is 3.37. The van der Waals surface area contributed by atoms with Crippen LogP contribution in [0.25, 0.3) is 0 Å². The first-order chi connectivity index (χ1) is 7.46. The fourth-order valence-electron chi connectivity index (χ4n) is 1.39. The van der Waals surface area contributed by atoms with Gasteiger partial charge in [0.1, 0.15) is 0 Å². The van der Waals surface area contributed by atoms with E-state index in [-0.39, 0.29) is 5.56 Å². The normalized spacial score (nSPS) is 17.4. The Hall–Kier alpha value is -1.07. The summed E-state index contributed by atoms with van der Waals surface area (Å²) in [6, 6.07) is 6.34. The minimum absolute atomic E-state index is 0.199. The van der Waals surface area contributed by atoms with Crippen molar-refractivity contribution in [3.8, 4) is 0 Å². The molecule has 0 spiro atoms. The summed E-state index contributed by atoms with van der Waals surface area (Å²) in [5.41, 5.74) is 3.29. The summed E-state index contributed by atoms with van der Waals surface area (Å²) in [6.45, 7) is 5.76. The molecule has 0 aromatic heterocycles. The molecule has 16 heavy (non-hydrogen) atoms. The lowest BCUT2D eigenvalue weighted by Gasteiger charge is -2.16. The zero-order valence-electron chi connectivity index (χ0n) is 9.44.